The summed E-state index contributed by atoms with van der Waals surface area (Å²) >= 11 is 0. The topological polar surface area (TPSA) is 52.5 Å². The van der Waals surface area contributed by atoms with E-state index in [0.29, 0.717) is 12.5 Å². The van der Waals surface area contributed by atoms with Crippen LogP contribution in [-0.2, 0) is 11.8 Å². The molecule has 1 N–H and O–H groups in total. The summed E-state index contributed by atoms with van der Waals surface area (Å²) < 4.78 is 13.2. The van der Waals surface area contributed by atoms with Gasteiger partial charge in [-0.2, -0.15) is 0 Å². The second kappa shape index (κ2) is 9.46. The zero-order chi connectivity index (χ0) is 21.8. The maximum Gasteiger partial charge on any atom is 0.221 e. The largest absolute Gasteiger partial charge is 0.497 e. The monoisotopic (exact) mass is 420 g/mol. The van der Waals surface area contributed by atoms with Crippen molar-refractivity contribution in [1.29, 1.82) is 0 Å². The van der Waals surface area contributed by atoms with Crippen molar-refractivity contribution < 1.29 is 14.3 Å². The van der Waals surface area contributed by atoms with Crippen LogP contribution in [0.4, 0.5) is 0 Å². The normalized spacial score (nSPS) is 15.6. The summed E-state index contributed by atoms with van der Waals surface area (Å²) in [7, 11) is 5.36. The van der Waals surface area contributed by atoms with Gasteiger partial charge in [0.05, 0.1) is 14.2 Å². The van der Waals surface area contributed by atoms with Gasteiger partial charge in [0.25, 0.3) is 0 Å². The highest BCUT2D eigenvalue weighted by Crippen LogP contribution is 2.37. The Kier molecular flexibility index (Phi) is 6.50. The van der Waals surface area contributed by atoms with E-state index in [2.05, 4.69) is 41.3 Å². The number of hydrogen-bond acceptors (Lipinski definition) is 3. The Hall–Kier alpha value is -2.95. The van der Waals surface area contributed by atoms with Gasteiger partial charge in [0.2, 0.25) is 5.91 Å². The summed E-state index contributed by atoms with van der Waals surface area (Å²) in [4.78, 5) is 13.1. The Morgan fingerprint density at radius 2 is 1.74 bits per heavy atom. The van der Waals surface area contributed by atoms with Crippen molar-refractivity contribution in [1.82, 2.24) is 9.88 Å². The lowest BCUT2D eigenvalue weighted by molar-refractivity contribution is -0.122. The summed E-state index contributed by atoms with van der Waals surface area (Å²) in [5.41, 5.74) is 3.32. The van der Waals surface area contributed by atoms with Crippen molar-refractivity contribution in [3.8, 4) is 11.5 Å². The molecular weight excluding hydrogens is 388 g/mol. The number of carbonyl (C=O) groups is 1. The molecule has 3 aromatic rings. The summed E-state index contributed by atoms with van der Waals surface area (Å²) in [6.07, 6.45) is 8.37. The second-order valence-corrected chi connectivity index (χ2v) is 8.52. The number of carbonyl (C=O) groups excluding carboxylic acids is 1. The molecule has 1 heterocycles. The summed E-state index contributed by atoms with van der Waals surface area (Å²) in [6.45, 7) is 0. The third-order valence-corrected chi connectivity index (χ3v) is 6.44. The third-order valence-electron chi connectivity index (χ3n) is 6.44. The fourth-order valence-electron chi connectivity index (χ4n) is 4.81. The van der Waals surface area contributed by atoms with Crippen LogP contribution < -0.4 is 14.8 Å². The number of aromatic nitrogens is 1. The van der Waals surface area contributed by atoms with Crippen LogP contribution in [-0.4, -0.2) is 30.7 Å². The minimum Gasteiger partial charge on any atom is -0.497 e. The first-order valence-electron chi connectivity index (χ1n) is 11.2. The summed E-state index contributed by atoms with van der Waals surface area (Å²) in [5, 5.41) is 4.46. The van der Waals surface area contributed by atoms with Gasteiger partial charge in [-0.15, -0.1) is 0 Å². The van der Waals surface area contributed by atoms with Crippen molar-refractivity contribution in [3.05, 3.63) is 59.8 Å². The van der Waals surface area contributed by atoms with Gasteiger partial charge in [0, 0.05) is 48.6 Å². The highest BCUT2D eigenvalue weighted by molar-refractivity contribution is 5.86. The molecule has 0 aliphatic heterocycles. The molecule has 1 saturated carbocycles. The van der Waals surface area contributed by atoms with E-state index in [0.717, 1.165) is 41.0 Å². The quantitative estimate of drug-likeness (QED) is 0.574. The van der Waals surface area contributed by atoms with E-state index in [9.17, 15) is 4.79 Å². The lowest BCUT2D eigenvalue weighted by atomic mass is 9.87. The van der Waals surface area contributed by atoms with Gasteiger partial charge < -0.3 is 19.4 Å². The molecule has 2 aromatic carbocycles. The molecule has 0 radical (unpaired) electrons. The van der Waals surface area contributed by atoms with Gasteiger partial charge >= 0.3 is 0 Å². The van der Waals surface area contributed by atoms with Gasteiger partial charge in [-0.05, 0) is 42.2 Å². The first-order chi connectivity index (χ1) is 15.1. The van der Waals surface area contributed by atoms with Crippen LogP contribution in [0.25, 0.3) is 10.9 Å². The number of ether oxygens (including phenoxy) is 2. The van der Waals surface area contributed by atoms with Crippen LogP contribution in [0.3, 0.4) is 0 Å². The second-order valence-electron chi connectivity index (χ2n) is 8.52. The molecule has 1 atom stereocenters. The lowest BCUT2D eigenvalue weighted by Crippen LogP contribution is -2.36. The van der Waals surface area contributed by atoms with Crippen molar-refractivity contribution in [3.63, 3.8) is 0 Å². The van der Waals surface area contributed by atoms with Crippen LogP contribution in [0.15, 0.2) is 48.7 Å². The molecule has 1 unspecified atom stereocenters. The average molecular weight is 421 g/mol. The van der Waals surface area contributed by atoms with Gasteiger partial charge in [0.15, 0.2) is 0 Å². The van der Waals surface area contributed by atoms with E-state index in [-0.39, 0.29) is 11.8 Å². The minimum atomic E-state index is -0.0984. The molecule has 164 valence electrons. The van der Waals surface area contributed by atoms with Crippen molar-refractivity contribution >= 4 is 16.8 Å². The number of nitrogens with zero attached hydrogens (tertiary/aromatic N) is 1. The van der Waals surface area contributed by atoms with Gasteiger partial charge in [-0.3, -0.25) is 4.79 Å². The van der Waals surface area contributed by atoms with Gasteiger partial charge in [-0.25, -0.2) is 0 Å². The molecule has 1 fully saturated rings. The third kappa shape index (κ3) is 4.71. The molecule has 5 heteroatoms. The number of amides is 1. The van der Waals surface area contributed by atoms with E-state index >= 15 is 0 Å². The van der Waals surface area contributed by atoms with Gasteiger partial charge in [-0.1, -0.05) is 37.5 Å². The lowest BCUT2D eigenvalue weighted by Gasteiger charge is -2.24. The number of fused-ring (bicyclic) bond motifs is 1. The van der Waals surface area contributed by atoms with Gasteiger partial charge in [0.1, 0.15) is 11.5 Å². The number of hydrogen-bond donors (Lipinski definition) is 1. The molecule has 0 saturated heterocycles. The highest BCUT2D eigenvalue weighted by atomic mass is 16.5. The van der Waals surface area contributed by atoms with Crippen molar-refractivity contribution in [2.24, 2.45) is 7.05 Å². The zero-order valence-electron chi connectivity index (χ0n) is 18.7. The Balaban J connectivity index is 1.72. The molecule has 0 spiro atoms. The molecule has 1 aliphatic carbocycles. The molecule has 1 aliphatic rings. The first-order valence-corrected chi connectivity index (χ1v) is 11.2. The molecular formula is C26H32N2O3. The highest BCUT2D eigenvalue weighted by Gasteiger charge is 2.25. The number of methoxy groups -OCH3 is 2. The maximum absolute atomic E-state index is 13.1. The Morgan fingerprint density at radius 3 is 2.42 bits per heavy atom. The van der Waals surface area contributed by atoms with E-state index in [1.165, 1.54) is 24.6 Å². The molecule has 1 amide bonds. The molecule has 5 nitrogen and oxygen atoms in total. The summed E-state index contributed by atoms with van der Waals surface area (Å²) in [5.74, 6) is 1.46. The van der Waals surface area contributed by atoms with Crippen LogP contribution >= 0.6 is 0 Å². The maximum atomic E-state index is 13.1. The van der Waals surface area contributed by atoms with E-state index in [1.54, 1.807) is 14.2 Å². The number of nitrogens with one attached hydrogen (secondary N) is 1. The molecule has 31 heavy (non-hydrogen) atoms. The number of rotatable bonds is 7. The predicted molar refractivity (Wildman–Crippen MR) is 124 cm³/mol. The Bertz CT molecular complexity index is 1030. The standard InChI is InChI=1S/C26H32N2O3/c1-28-17-24(22-11-7-8-12-25(22)28)23(16-26(29)27-19-9-5-4-6-10-19)18-13-20(30-2)15-21(14-18)31-3/h7-8,11-15,17,19,23H,4-6,9-10,16H2,1-3H3,(H,27,29). The van der Waals surface area contributed by atoms with Crippen LogP contribution in [0.1, 0.15) is 55.6 Å². The average Bonchev–Trinajstić information content (AvgIpc) is 3.14. The van der Waals surface area contributed by atoms with Crippen molar-refractivity contribution in [2.75, 3.05) is 14.2 Å². The molecule has 4 rings (SSSR count). The Labute approximate surface area is 184 Å². The SMILES string of the molecule is COc1cc(OC)cc(C(CC(=O)NC2CCCCC2)c2cn(C)c3ccccc23)c1. The number of aryl methyl sites for hydroxylation is 1. The first kappa shape index (κ1) is 21.3. The summed E-state index contributed by atoms with van der Waals surface area (Å²) in [6, 6.07) is 14.5. The number of benzene rings is 2. The Morgan fingerprint density at radius 1 is 1.06 bits per heavy atom. The van der Waals surface area contributed by atoms with E-state index in [1.807, 2.05) is 24.3 Å². The predicted octanol–water partition coefficient (Wildman–Crippen LogP) is 5.17. The van der Waals surface area contributed by atoms with Crippen molar-refractivity contribution in [2.45, 2.75) is 50.5 Å². The molecule has 1 aromatic heterocycles. The molecule has 0 bridgehead atoms. The minimum absolute atomic E-state index is 0.0984. The smallest absolute Gasteiger partial charge is 0.221 e. The number of para-hydroxylation sites is 1. The zero-order valence-corrected chi connectivity index (χ0v) is 18.7. The van der Waals surface area contributed by atoms with Crippen LogP contribution in [0.5, 0.6) is 11.5 Å². The fourth-order valence-corrected chi connectivity index (χ4v) is 4.81. The van der Waals surface area contributed by atoms with Crippen LogP contribution in [0.2, 0.25) is 0 Å². The fraction of sp³-hybridized carbons (Fsp3) is 0.423. The van der Waals surface area contributed by atoms with E-state index < -0.39 is 0 Å². The van der Waals surface area contributed by atoms with Crippen LogP contribution in [0, 0.1) is 0 Å². The van der Waals surface area contributed by atoms with E-state index in [4.69, 9.17) is 9.47 Å².